The molecule has 4 heteroatoms. The van der Waals surface area contributed by atoms with Crippen molar-refractivity contribution in [3.05, 3.63) is 12.2 Å². The number of allylic oxidation sites excluding steroid dienone is 1. The van der Waals surface area contributed by atoms with Crippen molar-refractivity contribution in [1.29, 1.82) is 0 Å². The first-order valence-corrected chi connectivity index (χ1v) is 25.2. The molecule has 0 fully saturated rings. The zero-order chi connectivity index (χ0) is 39.8. The van der Waals surface area contributed by atoms with E-state index < -0.39 is 11.9 Å². The van der Waals surface area contributed by atoms with Crippen LogP contribution in [0.25, 0.3) is 0 Å². The highest BCUT2D eigenvalue weighted by atomic mass is 16.4. The van der Waals surface area contributed by atoms with Crippen LogP contribution in [0.3, 0.4) is 0 Å². The molecule has 0 aromatic rings. The summed E-state index contributed by atoms with van der Waals surface area (Å²) in [6.45, 7) is 0. The molecule has 326 valence electrons. The lowest BCUT2D eigenvalue weighted by Gasteiger charge is -2.05. The van der Waals surface area contributed by atoms with Gasteiger partial charge in [-0.2, -0.15) is 0 Å². The molecule has 0 rings (SSSR count). The Morgan fingerprint density at radius 2 is 0.418 bits per heavy atom. The smallest absolute Gasteiger partial charge is 0.327 e. The van der Waals surface area contributed by atoms with Crippen LogP contribution in [0.5, 0.6) is 0 Å². The first-order valence-electron chi connectivity index (χ1n) is 25.2. The summed E-state index contributed by atoms with van der Waals surface area (Å²) < 4.78 is 0. The van der Waals surface area contributed by atoms with Crippen LogP contribution in [0.1, 0.15) is 302 Å². The average molecular weight is 775 g/mol. The van der Waals surface area contributed by atoms with E-state index in [9.17, 15) is 9.59 Å². The molecular formula is C51H98O4. The largest absolute Gasteiger partial charge is 0.481 e. The van der Waals surface area contributed by atoms with E-state index in [2.05, 4.69) is 0 Å². The molecule has 0 bridgehead atoms. The molecule has 0 spiro atoms. The number of carboxylic acid groups (broad SMARTS) is 2. The molecule has 0 radical (unpaired) electrons. The van der Waals surface area contributed by atoms with E-state index in [1.54, 1.807) is 6.08 Å². The fourth-order valence-corrected chi connectivity index (χ4v) is 8.32. The summed E-state index contributed by atoms with van der Waals surface area (Å²) in [7, 11) is 0. The Hall–Kier alpha value is -1.32. The fraction of sp³-hybridized carbons (Fsp3) is 0.922. The van der Waals surface area contributed by atoms with Gasteiger partial charge in [0.15, 0.2) is 0 Å². The predicted octanol–water partition coefficient (Wildman–Crippen LogP) is 18.0. The first kappa shape index (κ1) is 53.7. The fourth-order valence-electron chi connectivity index (χ4n) is 8.32. The zero-order valence-corrected chi connectivity index (χ0v) is 37.1. The molecule has 0 aromatic carbocycles. The van der Waals surface area contributed by atoms with Crippen molar-refractivity contribution < 1.29 is 19.8 Å². The quantitative estimate of drug-likeness (QED) is 0.0477. The molecule has 4 nitrogen and oxygen atoms in total. The summed E-state index contributed by atoms with van der Waals surface area (Å²) >= 11 is 0. The van der Waals surface area contributed by atoms with Crippen molar-refractivity contribution in [2.75, 3.05) is 0 Å². The van der Waals surface area contributed by atoms with Gasteiger partial charge < -0.3 is 10.2 Å². The Morgan fingerprint density at radius 3 is 0.582 bits per heavy atom. The maximum Gasteiger partial charge on any atom is 0.327 e. The predicted molar refractivity (Wildman–Crippen MR) is 241 cm³/mol. The minimum absolute atomic E-state index is 0.343. The molecule has 0 aliphatic heterocycles. The van der Waals surface area contributed by atoms with Gasteiger partial charge in [0.2, 0.25) is 0 Å². The number of carboxylic acids is 2. The number of hydrogen-bond acceptors (Lipinski definition) is 2. The van der Waals surface area contributed by atoms with E-state index in [1.807, 2.05) is 0 Å². The van der Waals surface area contributed by atoms with Crippen molar-refractivity contribution >= 4 is 11.9 Å². The molecule has 0 aromatic heterocycles. The molecule has 0 atom stereocenters. The minimum atomic E-state index is -0.830. The van der Waals surface area contributed by atoms with Crippen LogP contribution < -0.4 is 0 Å². The number of carbonyl (C=O) groups is 2. The van der Waals surface area contributed by atoms with Gasteiger partial charge in [0.05, 0.1) is 0 Å². The van der Waals surface area contributed by atoms with Gasteiger partial charge >= 0.3 is 11.9 Å². The first-order chi connectivity index (χ1) is 27.1. The van der Waals surface area contributed by atoms with Crippen LogP contribution in [0, 0.1) is 0 Å². The van der Waals surface area contributed by atoms with Gasteiger partial charge in [0.25, 0.3) is 0 Å². The Bertz CT molecular complexity index is 777. The minimum Gasteiger partial charge on any atom is -0.481 e. The van der Waals surface area contributed by atoms with Gasteiger partial charge in [-0.1, -0.05) is 282 Å². The molecule has 0 saturated heterocycles. The Balaban J connectivity index is 3.07. The van der Waals surface area contributed by atoms with Gasteiger partial charge in [-0.15, -0.1) is 0 Å². The Kier molecular flexibility index (Phi) is 47.7. The maximum absolute atomic E-state index is 10.5. The van der Waals surface area contributed by atoms with Crippen LogP contribution in [-0.2, 0) is 9.59 Å². The van der Waals surface area contributed by atoms with Crippen molar-refractivity contribution in [3.8, 4) is 0 Å². The lowest BCUT2D eigenvalue weighted by Crippen LogP contribution is -1.93. The maximum atomic E-state index is 10.5. The van der Waals surface area contributed by atoms with Crippen molar-refractivity contribution in [2.45, 2.75) is 302 Å². The third kappa shape index (κ3) is 52.7. The second-order valence-electron chi connectivity index (χ2n) is 17.6. The molecular weight excluding hydrogens is 677 g/mol. The molecule has 0 saturated carbocycles. The number of aliphatic carboxylic acids is 2. The molecule has 0 aliphatic rings. The standard InChI is InChI=1S/C51H98O4/c52-50(53)48-46-44-42-40-38-36-34-32-30-28-26-24-22-20-18-16-14-12-10-8-6-4-2-1-3-5-7-9-11-13-15-17-19-21-23-25-27-29-31-33-35-37-39-41-43-45-47-49-51(54)55/h46,48H,1-45,47,49H2,(H,52,53)(H,54,55). The molecule has 55 heavy (non-hydrogen) atoms. The van der Waals surface area contributed by atoms with E-state index in [-0.39, 0.29) is 0 Å². The summed E-state index contributed by atoms with van der Waals surface area (Å²) in [5, 5.41) is 17.2. The van der Waals surface area contributed by atoms with Gasteiger partial charge in [-0.3, -0.25) is 4.79 Å². The van der Waals surface area contributed by atoms with E-state index >= 15 is 0 Å². The summed E-state index contributed by atoms with van der Waals surface area (Å²) in [4.78, 5) is 20.9. The van der Waals surface area contributed by atoms with Crippen LogP contribution in [0.4, 0.5) is 0 Å². The summed E-state index contributed by atoms with van der Waals surface area (Å²) in [6, 6.07) is 0. The van der Waals surface area contributed by atoms with Crippen molar-refractivity contribution in [1.82, 2.24) is 0 Å². The summed E-state index contributed by atoms with van der Waals surface area (Å²) in [5.74, 6) is -1.48. The lowest BCUT2D eigenvalue weighted by atomic mass is 10.0. The molecule has 2 N–H and O–H groups in total. The van der Waals surface area contributed by atoms with Crippen LogP contribution >= 0.6 is 0 Å². The lowest BCUT2D eigenvalue weighted by molar-refractivity contribution is -0.137. The number of hydrogen-bond donors (Lipinski definition) is 2. The third-order valence-electron chi connectivity index (χ3n) is 12.0. The topological polar surface area (TPSA) is 74.6 Å². The SMILES string of the molecule is O=C(O)C=CCCCCCCCCCCCCCCCCCCCCCCCCCCCCCCCCCCCCCCCCCCCCCCCC(=O)O. The normalized spacial score (nSPS) is 11.6. The molecule has 0 unspecified atom stereocenters. The second kappa shape index (κ2) is 48.8. The number of unbranched alkanes of at least 4 members (excludes halogenated alkanes) is 45. The summed E-state index contributed by atoms with van der Waals surface area (Å²) in [5.41, 5.74) is 0. The van der Waals surface area contributed by atoms with Gasteiger partial charge in [0.1, 0.15) is 0 Å². The highest BCUT2D eigenvalue weighted by Gasteiger charge is 2.00. The van der Waals surface area contributed by atoms with E-state index in [0.717, 1.165) is 25.7 Å². The summed E-state index contributed by atoms with van der Waals surface area (Å²) in [6.07, 6.45) is 67.1. The van der Waals surface area contributed by atoms with Crippen molar-refractivity contribution in [3.63, 3.8) is 0 Å². The number of rotatable bonds is 49. The van der Waals surface area contributed by atoms with E-state index in [0.29, 0.717) is 6.42 Å². The van der Waals surface area contributed by atoms with E-state index in [1.165, 1.54) is 276 Å². The van der Waals surface area contributed by atoms with Gasteiger partial charge in [0, 0.05) is 12.5 Å². The highest BCUT2D eigenvalue weighted by molar-refractivity contribution is 5.79. The van der Waals surface area contributed by atoms with Crippen LogP contribution in [0.2, 0.25) is 0 Å². The molecule has 0 aliphatic carbocycles. The van der Waals surface area contributed by atoms with Crippen LogP contribution in [0.15, 0.2) is 12.2 Å². The van der Waals surface area contributed by atoms with E-state index in [4.69, 9.17) is 10.2 Å². The second-order valence-corrected chi connectivity index (χ2v) is 17.6. The third-order valence-corrected chi connectivity index (χ3v) is 12.0. The van der Waals surface area contributed by atoms with Gasteiger partial charge in [-0.05, 0) is 19.3 Å². The van der Waals surface area contributed by atoms with Gasteiger partial charge in [-0.25, -0.2) is 4.79 Å². The van der Waals surface area contributed by atoms with Crippen molar-refractivity contribution in [2.24, 2.45) is 0 Å². The zero-order valence-electron chi connectivity index (χ0n) is 37.1. The monoisotopic (exact) mass is 775 g/mol. The molecule has 0 heterocycles. The molecule has 0 amide bonds. The average Bonchev–Trinajstić information content (AvgIpc) is 3.17. The Labute approximate surface area is 344 Å². The Morgan fingerprint density at radius 1 is 0.255 bits per heavy atom. The van der Waals surface area contributed by atoms with Crippen LogP contribution in [-0.4, -0.2) is 22.2 Å². The highest BCUT2D eigenvalue weighted by Crippen LogP contribution is 2.18.